The maximum atomic E-state index is 11.5. The van der Waals surface area contributed by atoms with Crippen LogP contribution in [0.3, 0.4) is 0 Å². The zero-order valence-electron chi connectivity index (χ0n) is 9.50. The van der Waals surface area contributed by atoms with Crippen LogP contribution in [0.2, 0.25) is 0 Å². The minimum Gasteiger partial charge on any atom is -0.492 e. The Hall–Kier alpha value is -1.92. The summed E-state index contributed by atoms with van der Waals surface area (Å²) in [6.07, 6.45) is -2.81. The molecular formula is C12H13NO5. The van der Waals surface area contributed by atoms with E-state index < -0.39 is 18.1 Å². The molecule has 2 atom stereocenters. The molecular weight excluding hydrogens is 238 g/mol. The number of carbonyl (C=O) groups is 2. The molecule has 0 aromatic heterocycles. The van der Waals surface area contributed by atoms with Crippen molar-refractivity contribution in [3.05, 3.63) is 29.3 Å². The molecule has 0 saturated carbocycles. The highest BCUT2D eigenvalue weighted by molar-refractivity contribution is 5.99. The summed E-state index contributed by atoms with van der Waals surface area (Å²) in [7, 11) is 0. The van der Waals surface area contributed by atoms with Gasteiger partial charge in [-0.1, -0.05) is 6.07 Å². The van der Waals surface area contributed by atoms with Crippen LogP contribution in [-0.4, -0.2) is 34.6 Å². The molecule has 0 aliphatic carbocycles. The molecule has 1 aromatic carbocycles. The summed E-state index contributed by atoms with van der Waals surface area (Å²) in [5.74, 6) is -0.704. The lowest BCUT2D eigenvalue weighted by Gasteiger charge is -2.20. The number of aliphatic hydroxyl groups excluding tert-OH is 2. The molecule has 1 aromatic rings. The fourth-order valence-corrected chi connectivity index (χ4v) is 1.80. The number of amides is 1. The Morgan fingerprint density at radius 1 is 1.39 bits per heavy atom. The number of Topliss-reactive ketones (excluding diaryl/α,β-unsaturated/α-hetero) is 1. The average Bonchev–Trinajstić information content (AvgIpc) is 2.36. The summed E-state index contributed by atoms with van der Waals surface area (Å²) in [5.41, 5.74) is 5.61. The van der Waals surface area contributed by atoms with Gasteiger partial charge < -0.3 is 20.7 Å². The van der Waals surface area contributed by atoms with Gasteiger partial charge in [0.1, 0.15) is 11.9 Å². The molecule has 4 N–H and O–H groups in total. The third kappa shape index (κ3) is 2.20. The molecule has 18 heavy (non-hydrogen) atoms. The number of carbonyl (C=O) groups excluding carboxylic acids is 2. The molecule has 1 amide bonds. The fraction of sp³-hybridized carbons (Fsp3) is 0.333. The minimum atomic E-state index is -1.69. The summed E-state index contributed by atoms with van der Waals surface area (Å²) >= 11 is 0. The highest BCUT2D eigenvalue weighted by Gasteiger charge is 2.26. The van der Waals surface area contributed by atoms with E-state index in [-0.39, 0.29) is 18.0 Å². The SMILES string of the molecule is NC(=O)C(O)C(O)c1ccc2c(c1)OCCC2=O. The zero-order valence-corrected chi connectivity index (χ0v) is 9.50. The molecule has 6 heteroatoms. The molecule has 2 unspecified atom stereocenters. The number of ketones is 1. The number of hydrogen-bond acceptors (Lipinski definition) is 5. The first kappa shape index (κ1) is 12.5. The van der Waals surface area contributed by atoms with Crippen molar-refractivity contribution in [3.63, 3.8) is 0 Å². The molecule has 6 nitrogen and oxygen atoms in total. The number of hydrogen-bond donors (Lipinski definition) is 3. The average molecular weight is 251 g/mol. The van der Waals surface area contributed by atoms with Crippen LogP contribution in [0.25, 0.3) is 0 Å². The van der Waals surface area contributed by atoms with Gasteiger partial charge in [0.05, 0.1) is 12.2 Å². The highest BCUT2D eigenvalue weighted by atomic mass is 16.5. The lowest BCUT2D eigenvalue weighted by molar-refractivity contribution is -0.131. The Bertz CT molecular complexity index is 499. The van der Waals surface area contributed by atoms with Gasteiger partial charge in [0.15, 0.2) is 11.9 Å². The van der Waals surface area contributed by atoms with Crippen molar-refractivity contribution in [2.75, 3.05) is 6.61 Å². The summed E-state index contributed by atoms with van der Waals surface area (Å²) in [6.45, 7) is 0.282. The number of fused-ring (bicyclic) bond motifs is 1. The number of primary amides is 1. The number of ether oxygens (including phenoxy) is 1. The van der Waals surface area contributed by atoms with Crippen molar-refractivity contribution in [2.45, 2.75) is 18.6 Å². The standard InChI is InChI=1S/C12H13NO5/c13-12(17)11(16)10(15)6-1-2-7-8(14)3-4-18-9(7)5-6/h1-2,5,10-11,15-16H,3-4H2,(H2,13,17). The molecule has 0 bridgehead atoms. The van der Waals surface area contributed by atoms with Crippen LogP contribution >= 0.6 is 0 Å². The summed E-state index contributed by atoms with van der Waals surface area (Å²) in [4.78, 5) is 22.3. The molecule has 0 fully saturated rings. The highest BCUT2D eigenvalue weighted by Crippen LogP contribution is 2.29. The van der Waals surface area contributed by atoms with Crippen LogP contribution in [0.15, 0.2) is 18.2 Å². The lowest BCUT2D eigenvalue weighted by Crippen LogP contribution is -2.33. The second-order valence-corrected chi connectivity index (χ2v) is 4.07. The van der Waals surface area contributed by atoms with Crippen molar-refractivity contribution < 1.29 is 24.5 Å². The first-order chi connectivity index (χ1) is 8.50. The van der Waals surface area contributed by atoms with E-state index in [4.69, 9.17) is 10.5 Å². The zero-order chi connectivity index (χ0) is 13.3. The van der Waals surface area contributed by atoms with Crippen molar-refractivity contribution in [3.8, 4) is 5.75 Å². The number of nitrogens with two attached hydrogens (primary N) is 1. The van der Waals surface area contributed by atoms with Gasteiger partial charge in [-0.05, 0) is 17.7 Å². The van der Waals surface area contributed by atoms with Crippen LogP contribution in [0.1, 0.15) is 28.4 Å². The number of benzene rings is 1. The monoisotopic (exact) mass is 251 g/mol. The maximum Gasteiger partial charge on any atom is 0.249 e. The molecule has 1 aliphatic rings. The van der Waals surface area contributed by atoms with E-state index in [1.165, 1.54) is 18.2 Å². The van der Waals surface area contributed by atoms with Crippen LogP contribution in [-0.2, 0) is 4.79 Å². The van der Waals surface area contributed by atoms with Gasteiger partial charge in [-0.3, -0.25) is 9.59 Å². The van der Waals surface area contributed by atoms with Gasteiger partial charge in [0, 0.05) is 6.42 Å². The Balaban J connectivity index is 2.31. The number of rotatable bonds is 3. The molecule has 0 radical (unpaired) electrons. The van der Waals surface area contributed by atoms with Crippen molar-refractivity contribution in [2.24, 2.45) is 5.73 Å². The molecule has 1 aliphatic heterocycles. The summed E-state index contributed by atoms with van der Waals surface area (Å²) in [6, 6.07) is 4.40. The first-order valence-electron chi connectivity index (χ1n) is 5.46. The largest absolute Gasteiger partial charge is 0.492 e. The van der Waals surface area contributed by atoms with E-state index in [0.29, 0.717) is 17.7 Å². The quantitative estimate of drug-likeness (QED) is 0.672. The van der Waals surface area contributed by atoms with Crippen molar-refractivity contribution in [1.82, 2.24) is 0 Å². The molecule has 96 valence electrons. The second-order valence-electron chi connectivity index (χ2n) is 4.07. The second kappa shape index (κ2) is 4.75. The van der Waals surface area contributed by atoms with Crippen LogP contribution in [0.5, 0.6) is 5.75 Å². The van der Waals surface area contributed by atoms with Crippen LogP contribution in [0, 0.1) is 0 Å². The van der Waals surface area contributed by atoms with E-state index in [1.54, 1.807) is 0 Å². The Kier molecular flexibility index (Phi) is 3.31. The van der Waals surface area contributed by atoms with Crippen LogP contribution < -0.4 is 10.5 Å². The molecule has 1 heterocycles. The van der Waals surface area contributed by atoms with Gasteiger partial charge >= 0.3 is 0 Å². The Labute approximate surface area is 103 Å². The van der Waals surface area contributed by atoms with Crippen LogP contribution in [0.4, 0.5) is 0 Å². The maximum absolute atomic E-state index is 11.5. The predicted molar refractivity (Wildman–Crippen MR) is 61.0 cm³/mol. The first-order valence-corrected chi connectivity index (χ1v) is 5.46. The van der Waals surface area contributed by atoms with E-state index in [9.17, 15) is 19.8 Å². The third-order valence-corrected chi connectivity index (χ3v) is 2.82. The molecule has 2 rings (SSSR count). The Morgan fingerprint density at radius 2 is 2.11 bits per heavy atom. The van der Waals surface area contributed by atoms with E-state index in [0.717, 1.165) is 0 Å². The Morgan fingerprint density at radius 3 is 2.78 bits per heavy atom. The summed E-state index contributed by atoms with van der Waals surface area (Å²) in [5, 5.41) is 19.1. The van der Waals surface area contributed by atoms with E-state index in [2.05, 4.69) is 0 Å². The third-order valence-electron chi connectivity index (χ3n) is 2.82. The van der Waals surface area contributed by atoms with Crippen molar-refractivity contribution in [1.29, 1.82) is 0 Å². The topological polar surface area (TPSA) is 110 Å². The molecule has 0 spiro atoms. The lowest BCUT2D eigenvalue weighted by atomic mass is 9.98. The van der Waals surface area contributed by atoms with Gasteiger partial charge in [-0.15, -0.1) is 0 Å². The van der Waals surface area contributed by atoms with E-state index in [1.807, 2.05) is 0 Å². The van der Waals surface area contributed by atoms with Gasteiger partial charge in [0.2, 0.25) is 5.91 Å². The van der Waals surface area contributed by atoms with Gasteiger partial charge in [0.25, 0.3) is 0 Å². The summed E-state index contributed by atoms with van der Waals surface area (Å²) < 4.78 is 5.30. The smallest absolute Gasteiger partial charge is 0.249 e. The normalized spacial score (nSPS) is 17.6. The van der Waals surface area contributed by atoms with Crippen molar-refractivity contribution >= 4 is 11.7 Å². The number of aliphatic hydroxyl groups is 2. The van der Waals surface area contributed by atoms with E-state index >= 15 is 0 Å². The fourth-order valence-electron chi connectivity index (χ4n) is 1.80. The van der Waals surface area contributed by atoms with Gasteiger partial charge in [-0.2, -0.15) is 0 Å². The molecule has 0 saturated heterocycles. The minimum absolute atomic E-state index is 0.0345. The van der Waals surface area contributed by atoms with Gasteiger partial charge in [-0.25, -0.2) is 0 Å². The predicted octanol–water partition coefficient (Wildman–Crippen LogP) is -0.469.